The van der Waals surface area contributed by atoms with Crippen molar-refractivity contribution in [1.82, 2.24) is 0 Å². The van der Waals surface area contributed by atoms with Crippen LogP contribution in [-0.4, -0.2) is 12.0 Å². The lowest BCUT2D eigenvalue weighted by atomic mass is 10.0. The summed E-state index contributed by atoms with van der Waals surface area (Å²) < 4.78 is 0. The fraction of sp³-hybridized carbons (Fsp3) is 0.136. The molecule has 0 fully saturated rings. The number of hydrogen-bond donors (Lipinski definition) is 2. The number of anilines is 1. The number of aliphatic imine (C=N–C) groups is 1. The number of nitrogens with zero attached hydrogens (tertiary/aromatic N) is 1. The number of hydrogen-bond acceptors (Lipinski definition) is 1. The highest BCUT2D eigenvalue weighted by Gasteiger charge is 2.12. The molecular formula is C22H20ClN3. The monoisotopic (exact) mass is 361 g/mol. The maximum atomic E-state index is 6.17. The molecule has 3 aromatic rings. The van der Waals surface area contributed by atoms with Crippen LogP contribution in [0.2, 0.25) is 5.02 Å². The van der Waals surface area contributed by atoms with E-state index in [9.17, 15) is 0 Å². The van der Waals surface area contributed by atoms with E-state index >= 15 is 0 Å². The lowest BCUT2D eigenvalue weighted by Gasteiger charge is -2.13. The Morgan fingerprint density at radius 2 is 1.77 bits per heavy atom. The maximum absolute atomic E-state index is 6.17. The molecule has 0 amide bonds. The second kappa shape index (κ2) is 6.85. The lowest BCUT2D eigenvalue weighted by Crippen LogP contribution is -2.25. The van der Waals surface area contributed by atoms with Crippen molar-refractivity contribution in [3.63, 3.8) is 0 Å². The first kappa shape index (κ1) is 16.7. The van der Waals surface area contributed by atoms with E-state index in [4.69, 9.17) is 17.3 Å². The van der Waals surface area contributed by atoms with E-state index in [1.807, 2.05) is 24.3 Å². The number of halogens is 1. The minimum atomic E-state index is 0.0714. The molecule has 3 aromatic carbocycles. The van der Waals surface area contributed by atoms with Crippen LogP contribution in [0.25, 0.3) is 22.9 Å². The zero-order chi connectivity index (χ0) is 18.1. The predicted molar refractivity (Wildman–Crippen MR) is 113 cm³/mol. The van der Waals surface area contributed by atoms with Gasteiger partial charge in [-0.25, -0.2) is 4.99 Å². The minimum Gasteiger partial charge on any atom is -0.370 e. The Balaban J connectivity index is 1.53. The van der Waals surface area contributed by atoms with Gasteiger partial charge in [0.2, 0.25) is 0 Å². The molecule has 0 heterocycles. The summed E-state index contributed by atoms with van der Waals surface area (Å²) in [5.41, 5.74) is 10.8. The van der Waals surface area contributed by atoms with Crippen molar-refractivity contribution in [2.75, 3.05) is 5.32 Å². The molecule has 0 aromatic heterocycles. The Morgan fingerprint density at radius 3 is 2.54 bits per heavy atom. The molecule has 4 heteroatoms. The molecule has 1 atom stereocenters. The molecule has 130 valence electrons. The molecule has 1 aliphatic carbocycles. The summed E-state index contributed by atoms with van der Waals surface area (Å²) in [7, 11) is 0. The first-order valence-electron chi connectivity index (χ1n) is 8.69. The highest BCUT2D eigenvalue weighted by Crippen LogP contribution is 2.35. The standard InChI is InChI=1S/C22H20ClN3/c1-14(13-15-5-10-18(23)11-6-15)25-22(24)26-20-12-9-17-8-7-16-3-2-4-19(20)21(16)17/h2-12,14H,13H2,1H3,(H3,24,25,26). The summed E-state index contributed by atoms with van der Waals surface area (Å²) in [6.07, 6.45) is 5.10. The molecule has 4 rings (SSSR count). The van der Waals surface area contributed by atoms with Crippen molar-refractivity contribution < 1.29 is 0 Å². The second-order valence-electron chi connectivity index (χ2n) is 6.62. The van der Waals surface area contributed by atoms with Crippen LogP contribution in [-0.2, 0) is 6.42 Å². The van der Waals surface area contributed by atoms with Gasteiger partial charge in [0, 0.05) is 16.1 Å². The summed E-state index contributed by atoms with van der Waals surface area (Å²) in [5.74, 6) is 0.429. The van der Waals surface area contributed by atoms with Crippen molar-refractivity contribution in [2.24, 2.45) is 10.7 Å². The Morgan fingerprint density at radius 1 is 1.04 bits per heavy atom. The van der Waals surface area contributed by atoms with E-state index in [1.165, 1.54) is 22.1 Å². The molecule has 0 saturated heterocycles. The molecule has 0 radical (unpaired) electrons. The quantitative estimate of drug-likeness (QED) is 0.381. The largest absolute Gasteiger partial charge is 0.370 e. The van der Waals surface area contributed by atoms with E-state index in [0.29, 0.717) is 5.96 Å². The summed E-state index contributed by atoms with van der Waals surface area (Å²) in [6, 6.07) is 18.4. The Bertz CT molecular complexity index is 1010. The van der Waals surface area contributed by atoms with Gasteiger partial charge in [-0.2, -0.15) is 0 Å². The van der Waals surface area contributed by atoms with Gasteiger partial charge in [0.1, 0.15) is 0 Å². The minimum absolute atomic E-state index is 0.0714. The van der Waals surface area contributed by atoms with Gasteiger partial charge >= 0.3 is 0 Å². The van der Waals surface area contributed by atoms with Crippen LogP contribution in [0.5, 0.6) is 0 Å². The normalized spacial score (nSPS) is 14.0. The zero-order valence-electron chi connectivity index (χ0n) is 14.5. The molecule has 3 N–H and O–H groups in total. The van der Waals surface area contributed by atoms with Gasteiger partial charge in [-0.3, -0.25) is 0 Å². The first-order chi connectivity index (χ1) is 12.6. The molecule has 0 spiro atoms. The van der Waals surface area contributed by atoms with Crippen LogP contribution in [0.15, 0.2) is 59.6 Å². The highest BCUT2D eigenvalue weighted by atomic mass is 35.5. The molecule has 3 nitrogen and oxygen atoms in total. The maximum Gasteiger partial charge on any atom is 0.193 e. The Labute approximate surface area is 158 Å². The van der Waals surface area contributed by atoms with Crippen molar-refractivity contribution in [3.05, 3.63) is 76.3 Å². The van der Waals surface area contributed by atoms with Crippen LogP contribution in [0.1, 0.15) is 23.6 Å². The van der Waals surface area contributed by atoms with Crippen molar-refractivity contribution in [3.8, 4) is 0 Å². The topological polar surface area (TPSA) is 50.4 Å². The van der Waals surface area contributed by atoms with E-state index in [-0.39, 0.29) is 6.04 Å². The van der Waals surface area contributed by atoms with Gasteiger partial charge in [0.15, 0.2) is 5.96 Å². The average molecular weight is 362 g/mol. The third-order valence-electron chi connectivity index (χ3n) is 4.61. The van der Waals surface area contributed by atoms with Gasteiger partial charge in [0.05, 0.1) is 6.04 Å². The number of nitrogens with two attached hydrogens (primary N) is 1. The Kier molecular flexibility index (Phi) is 4.39. The molecule has 1 unspecified atom stereocenters. The smallest absolute Gasteiger partial charge is 0.193 e. The third-order valence-corrected chi connectivity index (χ3v) is 4.87. The highest BCUT2D eigenvalue weighted by molar-refractivity contribution is 6.30. The van der Waals surface area contributed by atoms with Crippen LogP contribution in [0.4, 0.5) is 5.69 Å². The molecule has 26 heavy (non-hydrogen) atoms. The van der Waals surface area contributed by atoms with Gasteiger partial charge in [0.25, 0.3) is 0 Å². The zero-order valence-corrected chi connectivity index (χ0v) is 15.3. The van der Waals surface area contributed by atoms with E-state index in [1.54, 1.807) is 0 Å². The predicted octanol–water partition coefficient (Wildman–Crippen LogP) is 5.33. The Hall–Kier alpha value is -2.78. The SMILES string of the molecule is CC(Cc1ccc(Cl)cc1)N=C(N)Nc1ccc2c3c(cccc13)C=C2. The summed E-state index contributed by atoms with van der Waals surface area (Å²) in [4.78, 5) is 4.59. The second-order valence-corrected chi connectivity index (χ2v) is 7.06. The van der Waals surface area contributed by atoms with E-state index in [2.05, 4.69) is 59.7 Å². The first-order valence-corrected chi connectivity index (χ1v) is 9.06. The third kappa shape index (κ3) is 3.31. The van der Waals surface area contributed by atoms with E-state index in [0.717, 1.165) is 22.5 Å². The number of rotatable bonds is 4. The van der Waals surface area contributed by atoms with Crippen molar-refractivity contribution in [2.45, 2.75) is 19.4 Å². The van der Waals surface area contributed by atoms with Gasteiger partial charge in [-0.1, -0.05) is 60.2 Å². The fourth-order valence-corrected chi connectivity index (χ4v) is 3.57. The van der Waals surface area contributed by atoms with Crippen LogP contribution in [0.3, 0.4) is 0 Å². The number of guanidine groups is 1. The molecule has 0 bridgehead atoms. The molecule has 0 saturated carbocycles. The average Bonchev–Trinajstić information content (AvgIpc) is 3.04. The molecular weight excluding hydrogens is 342 g/mol. The van der Waals surface area contributed by atoms with Gasteiger partial charge < -0.3 is 11.1 Å². The lowest BCUT2D eigenvalue weighted by molar-refractivity contribution is 0.739. The summed E-state index contributed by atoms with van der Waals surface area (Å²) in [6.45, 7) is 2.06. The summed E-state index contributed by atoms with van der Waals surface area (Å²) >= 11 is 5.94. The summed E-state index contributed by atoms with van der Waals surface area (Å²) in [5, 5.41) is 6.44. The van der Waals surface area contributed by atoms with Gasteiger partial charge in [-0.05, 0) is 53.6 Å². The van der Waals surface area contributed by atoms with E-state index < -0.39 is 0 Å². The number of benzene rings is 3. The van der Waals surface area contributed by atoms with Crippen LogP contribution < -0.4 is 11.1 Å². The van der Waals surface area contributed by atoms with Crippen LogP contribution >= 0.6 is 11.6 Å². The van der Waals surface area contributed by atoms with Gasteiger partial charge in [-0.15, -0.1) is 0 Å². The van der Waals surface area contributed by atoms with Crippen LogP contribution in [0, 0.1) is 0 Å². The van der Waals surface area contributed by atoms with Crippen molar-refractivity contribution in [1.29, 1.82) is 0 Å². The molecule has 1 aliphatic rings. The number of nitrogens with one attached hydrogen (secondary N) is 1. The fourth-order valence-electron chi connectivity index (χ4n) is 3.44. The molecule has 0 aliphatic heterocycles. The van der Waals surface area contributed by atoms with Crippen molar-refractivity contribution >= 4 is 46.2 Å².